The number of thiophene rings is 3. The zero-order chi connectivity index (χ0) is 61.5. The van der Waals surface area contributed by atoms with E-state index in [0.717, 1.165) is 33.0 Å². The van der Waals surface area contributed by atoms with Crippen LogP contribution in [0.2, 0.25) is 0 Å². The number of ether oxygens (including phenoxy) is 7. The van der Waals surface area contributed by atoms with E-state index in [1.165, 1.54) is 85.2 Å². The number of aromatic carboxylic acids is 1. The molecule has 84 heavy (non-hydrogen) atoms. The van der Waals surface area contributed by atoms with E-state index in [1.807, 2.05) is 19.1 Å². The Hall–Kier alpha value is -10.1. The van der Waals surface area contributed by atoms with E-state index in [1.54, 1.807) is 97.1 Å². The van der Waals surface area contributed by atoms with Gasteiger partial charge in [-0.15, -0.1) is 34.0 Å². The highest BCUT2D eigenvalue weighted by Crippen LogP contribution is 2.35. The van der Waals surface area contributed by atoms with E-state index in [-0.39, 0.29) is 22.3 Å². The maximum Gasteiger partial charge on any atom is 0.351 e. The third-order valence-electron chi connectivity index (χ3n) is 11.6. The average Bonchev–Trinajstić information content (AvgIpc) is 3.05. The summed E-state index contributed by atoms with van der Waals surface area (Å²) in [6, 6.07) is 23.8. The number of carboxylic acid groups (broad SMARTS) is 1. The van der Waals surface area contributed by atoms with Crippen LogP contribution in [0.1, 0.15) is 43.6 Å². The summed E-state index contributed by atoms with van der Waals surface area (Å²) in [5.74, 6) is 0.290. The normalized spacial score (nSPS) is 10.4. The zero-order valence-electron chi connectivity index (χ0n) is 46.9. The van der Waals surface area contributed by atoms with Crippen LogP contribution in [-0.2, 0) is 15.9 Å². The number of nitrogens with two attached hydrogens (primary N) is 1. The molecular formula is C56H56N6O19S3. The molecule has 28 heteroatoms. The van der Waals surface area contributed by atoms with Crippen LogP contribution < -0.4 is 72.0 Å². The van der Waals surface area contributed by atoms with Crippen molar-refractivity contribution in [1.29, 1.82) is 0 Å². The molecule has 25 nitrogen and oxygen atoms in total. The second-order valence-corrected chi connectivity index (χ2v) is 20.2. The van der Waals surface area contributed by atoms with Crippen molar-refractivity contribution in [2.45, 2.75) is 13.3 Å². The van der Waals surface area contributed by atoms with Crippen LogP contribution in [0.4, 0.5) is 41.7 Å². The van der Waals surface area contributed by atoms with Crippen LogP contribution in [0.3, 0.4) is 0 Å². The van der Waals surface area contributed by atoms with Gasteiger partial charge in [-0.25, -0.2) is 38.4 Å². The number of methoxy groups -OCH3 is 7. The van der Waals surface area contributed by atoms with Gasteiger partial charge in [0.25, 0.3) is 0 Å². The quantitative estimate of drug-likeness (QED) is 0.0499. The van der Waals surface area contributed by atoms with Crippen LogP contribution in [0.5, 0.6) is 28.7 Å². The smallest absolute Gasteiger partial charge is 0.351 e. The van der Waals surface area contributed by atoms with Gasteiger partial charge >= 0.3 is 46.8 Å². The Balaban J connectivity index is 0.000000191. The summed E-state index contributed by atoms with van der Waals surface area (Å²) in [4.78, 5) is 97.1. The molecule has 3 aromatic carbocycles. The van der Waals surface area contributed by atoms with Gasteiger partial charge in [-0.3, -0.25) is 9.80 Å². The van der Waals surface area contributed by atoms with Crippen LogP contribution >= 0.6 is 34.0 Å². The van der Waals surface area contributed by atoms with Crippen molar-refractivity contribution in [2.24, 2.45) is 0 Å². The number of nitrogens with zero attached hydrogens (tertiary/aromatic N) is 2. The van der Waals surface area contributed by atoms with Crippen LogP contribution in [0, 0.1) is 0 Å². The number of benzene rings is 3. The van der Waals surface area contributed by atoms with E-state index >= 15 is 0 Å². The van der Waals surface area contributed by atoms with E-state index < -0.39 is 52.4 Å². The number of urea groups is 2. The Morgan fingerprint density at radius 3 is 1.27 bits per heavy atom. The van der Waals surface area contributed by atoms with Gasteiger partial charge in [0, 0.05) is 98.9 Å². The van der Waals surface area contributed by atoms with Gasteiger partial charge in [-0.05, 0) is 42.3 Å². The van der Waals surface area contributed by atoms with Crippen molar-refractivity contribution >= 4 is 127 Å². The minimum atomic E-state index is -1.36. The monoisotopic (exact) mass is 1210 g/mol. The lowest BCUT2D eigenvalue weighted by atomic mass is 10.1. The van der Waals surface area contributed by atoms with Gasteiger partial charge in [0.2, 0.25) is 0 Å². The first kappa shape index (κ1) is 63.1. The minimum Gasteiger partial charge on any atom is -0.497 e. The van der Waals surface area contributed by atoms with Crippen LogP contribution in [-0.4, -0.2) is 106 Å². The predicted octanol–water partition coefficient (Wildman–Crippen LogP) is 10.1. The van der Waals surface area contributed by atoms with Crippen molar-refractivity contribution in [3.8, 4) is 28.7 Å². The highest BCUT2D eigenvalue weighted by Gasteiger charge is 2.22. The first-order valence-corrected chi connectivity index (χ1v) is 26.8. The number of carbonyl (C=O) groups is 5. The zero-order valence-corrected chi connectivity index (χ0v) is 49.3. The molecule has 442 valence electrons. The summed E-state index contributed by atoms with van der Waals surface area (Å²) in [6.07, 6.45) is 0.789. The number of esters is 2. The molecule has 0 fully saturated rings. The fourth-order valence-electron chi connectivity index (χ4n) is 7.20. The molecule has 0 aliphatic carbocycles. The second-order valence-electron chi connectivity index (χ2n) is 17.0. The fourth-order valence-corrected chi connectivity index (χ4v) is 10.1. The fraction of sp³-hybridized carbons (Fsp3) is 0.214. The van der Waals surface area contributed by atoms with E-state index in [0.29, 0.717) is 70.8 Å². The van der Waals surface area contributed by atoms with Gasteiger partial charge in [-0.1, -0.05) is 6.92 Å². The number of amides is 4. The van der Waals surface area contributed by atoms with E-state index in [2.05, 4.69) is 25.4 Å². The number of hydrogen-bond donors (Lipinski definition) is 5. The molecule has 9 rings (SSSR count). The molecule has 0 aliphatic heterocycles. The Labute approximate surface area is 489 Å². The number of carbonyl (C=O) groups excluding carboxylic acids is 4. The maximum atomic E-state index is 12.7. The molecule has 0 saturated carbocycles. The Bertz CT molecular complexity index is 4000. The second kappa shape index (κ2) is 28.6. The van der Waals surface area contributed by atoms with Crippen molar-refractivity contribution in [1.82, 2.24) is 0 Å². The molecule has 0 atom stereocenters. The lowest BCUT2D eigenvalue weighted by Crippen LogP contribution is -2.30. The highest BCUT2D eigenvalue weighted by molar-refractivity contribution is 7.23. The number of hydrogen-bond acceptors (Lipinski definition) is 23. The number of carboxylic acids is 1. The number of nitrogen functional groups attached to an aromatic ring is 1. The molecule has 4 amide bonds. The summed E-state index contributed by atoms with van der Waals surface area (Å²) >= 11 is 3.73. The van der Waals surface area contributed by atoms with Crippen molar-refractivity contribution < 1.29 is 75.5 Å². The van der Waals surface area contributed by atoms with Gasteiger partial charge in [0.05, 0.1) is 68.9 Å². The van der Waals surface area contributed by atoms with Crippen LogP contribution in [0.25, 0.3) is 30.8 Å². The van der Waals surface area contributed by atoms with Gasteiger partial charge in [0.1, 0.15) is 55.4 Å². The summed E-state index contributed by atoms with van der Waals surface area (Å²) in [6.45, 7) is 2.00. The SMILES string of the molecule is CCc1cc(NC(=O)N(C)c2cc3oc(=O)c(C(=O)O)cc3s2)cc(OC)c1.CNc1cc2oc(=O)c(C(=O)OC)cc2s1.COC(=O)c1cc2sc(N(C)C(=O)Nc3cc(OC)cc(OC)c3)cc2oc1=O.COc1cc(N)cc(OC)c1. The Kier molecular flexibility index (Phi) is 21.5. The van der Waals surface area contributed by atoms with Gasteiger partial charge < -0.3 is 73.2 Å². The molecular weight excluding hydrogens is 1160 g/mol. The third kappa shape index (κ3) is 15.7. The lowest BCUT2D eigenvalue weighted by Gasteiger charge is -2.16. The lowest BCUT2D eigenvalue weighted by molar-refractivity contribution is 0.0587. The van der Waals surface area contributed by atoms with E-state index in [9.17, 15) is 38.4 Å². The molecule has 0 unspecified atom stereocenters. The Morgan fingerprint density at radius 2 is 0.881 bits per heavy atom. The first-order valence-electron chi connectivity index (χ1n) is 24.4. The standard InChI is InChI=1S/C19H18N2O7S.C19H18N2O6S.C10H9NO4S.C8H11NO2/c1-21(19(24)20-10-5-11(25-2)7-12(6-10)26-3)16-9-14-15(29-16)8-13(17(22)27-4)18(23)28-14;1-4-10-5-11(7-12(6-10)26-3)20-19(25)21(2)16-9-14-15(28-16)8-13(17(22)23)18(24)27-14;1-11-8-4-6-7(16-8)3-5(9(12)14-2)10(13)15-6;1-10-7-3-6(9)4-8(5-7)11-2/h5-9H,1-4H3,(H,20,24);5-9H,4H2,1-3H3,(H,20,25)(H,22,23);3-4,11H,1-2H3;3-5H,9H2,1-2H3. The topological polar surface area (TPSA) is 329 Å². The molecule has 0 bridgehead atoms. The number of anilines is 6. The first-order chi connectivity index (χ1) is 40.1. The molecule has 6 aromatic heterocycles. The van der Waals surface area contributed by atoms with Crippen molar-refractivity contribution in [3.05, 3.63) is 145 Å². The number of aryl methyl sites for hydroxylation is 1. The van der Waals surface area contributed by atoms with Crippen molar-refractivity contribution in [3.63, 3.8) is 0 Å². The minimum absolute atomic E-state index is 0.0838. The molecule has 0 radical (unpaired) electrons. The molecule has 0 spiro atoms. The van der Waals surface area contributed by atoms with Crippen molar-refractivity contribution in [2.75, 3.05) is 102 Å². The Morgan fingerprint density at radius 1 is 0.512 bits per heavy atom. The number of rotatable bonds is 14. The van der Waals surface area contributed by atoms with E-state index in [4.69, 9.17) is 47.8 Å². The highest BCUT2D eigenvalue weighted by atomic mass is 32.1. The molecule has 0 saturated heterocycles. The average molecular weight is 1210 g/mol. The largest absolute Gasteiger partial charge is 0.497 e. The number of nitrogens with one attached hydrogen (secondary N) is 3. The van der Waals surface area contributed by atoms with Gasteiger partial charge in [0.15, 0.2) is 16.7 Å². The van der Waals surface area contributed by atoms with Gasteiger partial charge in [-0.2, -0.15) is 0 Å². The summed E-state index contributed by atoms with van der Waals surface area (Å²) in [7, 11) is 15.1. The molecule has 6 heterocycles. The molecule has 0 aliphatic rings. The third-order valence-corrected chi connectivity index (χ3v) is 15.0. The summed E-state index contributed by atoms with van der Waals surface area (Å²) in [5, 5.41) is 19.4. The molecule has 9 aromatic rings. The summed E-state index contributed by atoms with van der Waals surface area (Å²) in [5.41, 5.74) is 6.09. The number of fused-ring (bicyclic) bond motifs is 3. The van der Waals surface area contributed by atoms with Crippen LogP contribution in [0.15, 0.2) is 119 Å². The molecule has 6 N–H and O–H groups in total. The summed E-state index contributed by atoms with van der Waals surface area (Å²) < 4.78 is 51.6. The predicted molar refractivity (Wildman–Crippen MR) is 321 cm³/mol. The maximum absolute atomic E-state index is 12.7.